The fraction of sp³-hybridized carbons (Fsp3) is 0.300. The van der Waals surface area contributed by atoms with E-state index in [4.69, 9.17) is 5.14 Å². The summed E-state index contributed by atoms with van der Waals surface area (Å²) in [7, 11) is -3.73. The monoisotopic (exact) mass is 341 g/mol. The molecule has 0 radical (unpaired) electrons. The molecule has 2 aromatic rings. The van der Waals surface area contributed by atoms with Crippen molar-refractivity contribution < 1.29 is 8.42 Å². The standard InChI is InChI=1S/C20H23NO2S/c21-24(22,23)20-9-5-4-8-19(20)18-14-12-17(13-15-18)11-10-16-6-2-1-3-7-16/h4-5,8-16H,1-3,6-7H2,(H2,21,22,23). The predicted molar refractivity (Wildman–Crippen MR) is 98.9 cm³/mol. The molecule has 0 saturated heterocycles. The van der Waals surface area contributed by atoms with Crippen LogP contribution in [0.5, 0.6) is 0 Å². The third kappa shape index (κ3) is 4.13. The molecule has 0 spiro atoms. The predicted octanol–water partition coefficient (Wildman–Crippen LogP) is 4.59. The van der Waals surface area contributed by atoms with E-state index in [2.05, 4.69) is 12.2 Å². The minimum Gasteiger partial charge on any atom is -0.225 e. The lowest BCUT2D eigenvalue weighted by Gasteiger charge is -2.17. The lowest BCUT2D eigenvalue weighted by Crippen LogP contribution is -2.13. The van der Waals surface area contributed by atoms with Crippen molar-refractivity contribution in [1.82, 2.24) is 0 Å². The number of hydrogen-bond donors (Lipinski definition) is 1. The SMILES string of the molecule is NS(=O)(=O)c1ccccc1-c1ccc(C=CC2CCCCC2)cc1. The second-order valence-corrected chi connectivity index (χ2v) is 7.95. The molecule has 24 heavy (non-hydrogen) atoms. The third-order valence-corrected chi connectivity index (χ3v) is 5.59. The lowest BCUT2D eigenvalue weighted by molar-refractivity contribution is 0.420. The number of benzene rings is 2. The van der Waals surface area contributed by atoms with Gasteiger partial charge in [0.25, 0.3) is 0 Å². The highest BCUT2D eigenvalue weighted by atomic mass is 32.2. The average molecular weight is 341 g/mol. The van der Waals surface area contributed by atoms with Crippen LogP contribution in [-0.2, 0) is 10.0 Å². The molecule has 0 amide bonds. The van der Waals surface area contributed by atoms with Crippen LogP contribution in [0.1, 0.15) is 37.7 Å². The zero-order valence-corrected chi connectivity index (χ0v) is 14.5. The third-order valence-electron chi connectivity index (χ3n) is 4.63. The normalized spacial score (nSPS) is 16.5. The fourth-order valence-electron chi connectivity index (χ4n) is 3.30. The van der Waals surface area contributed by atoms with Crippen molar-refractivity contribution >= 4 is 16.1 Å². The Labute approximate surface area is 144 Å². The summed E-state index contributed by atoms with van der Waals surface area (Å²) in [5, 5.41) is 5.32. The molecule has 1 saturated carbocycles. The Balaban J connectivity index is 1.81. The zero-order valence-electron chi connectivity index (χ0n) is 13.7. The van der Waals surface area contributed by atoms with E-state index < -0.39 is 10.0 Å². The van der Waals surface area contributed by atoms with Gasteiger partial charge in [-0.1, -0.05) is 73.9 Å². The number of rotatable bonds is 4. The van der Waals surface area contributed by atoms with Crippen LogP contribution < -0.4 is 5.14 Å². The van der Waals surface area contributed by atoms with E-state index >= 15 is 0 Å². The van der Waals surface area contributed by atoms with E-state index in [0.717, 1.165) is 11.1 Å². The van der Waals surface area contributed by atoms with E-state index in [1.54, 1.807) is 18.2 Å². The maximum absolute atomic E-state index is 11.7. The van der Waals surface area contributed by atoms with Gasteiger partial charge in [-0.3, -0.25) is 0 Å². The molecule has 0 aliphatic heterocycles. The summed E-state index contributed by atoms with van der Waals surface area (Å²) in [5.41, 5.74) is 2.63. The van der Waals surface area contributed by atoms with Crippen molar-refractivity contribution in [3.05, 3.63) is 60.2 Å². The van der Waals surface area contributed by atoms with Crippen LogP contribution >= 0.6 is 0 Å². The molecule has 3 rings (SSSR count). The topological polar surface area (TPSA) is 60.2 Å². The highest BCUT2D eigenvalue weighted by Crippen LogP contribution is 2.28. The highest BCUT2D eigenvalue weighted by molar-refractivity contribution is 7.89. The van der Waals surface area contributed by atoms with Gasteiger partial charge >= 0.3 is 0 Å². The Morgan fingerprint density at radius 1 is 0.917 bits per heavy atom. The maximum Gasteiger partial charge on any atom is 0.238 e. The van der Waals surface area contributed by atoms with Gasteiger partial charge in [-0.2, -0.15) is 0 Å². The largest absolute Gasteiger partial charge is 0.238 e. The number of allylic oxidation sites excluding steroid dienone is 1. The van der Waals surface area contributed by atoms with Gasteiger partial charge in [-0.25, -0.2) is 13.6 Å². The minimum atomic E-state index is -3.73. The molecule has 2 aromatic carbocycles. The van der Waals surface area contributed by atoms with E-state index in [1.807, 2.05) is 30.3 Å². The van der Waals surface area contributed by atoms with Gasteiger partial charge in [-0.15, -0.1) is 0 Å². The Hall–Kier alpha value is -1.91. The first-order valence-corrected chi connectivity index (χ1v) is 9.99. The second kappa shape index (κ2) is 7.32. The van der Waals surface area contributed by atoms with Gasteiger partial charge in [-0.05, 0) is 36.0 Å². The number of nitrogens with two attached hydrogens (primary N) is 1. The molecule has 1 aliphatic carbocycles. The Morgan fingerprint density at radius 3 is 2.25 bits per heavy atom. The number of sulfonamides is 1. The second-order valence-electron chi connectivity index (χ2n) is 6.42. The Morgan fingerprint density at radius 2 is 1.58 bits per heavy atom. The van der Waals surface area contributed by atoms with Crippen molar-refractivity contribution in [3.8, 4) is 11.1 Å². The Bertz CT molecular complexity index is 817. The molecule has 0 aromatic heterocycles. The molecule has 0 bridgehead atoms. The molecule has 3 nitrogen and oxygen atoms in total. The molecular weight excluding hydrogens is 318 g/mol. The average Bonchev–Trinajstić information content (AvgIpc) is 2.61. The van der Waals surface area contributed by atoms with Gasteiger partial charge in [0.15, 0.2) is 0 Å². The van der Waals surface area contributed by atoms with E-state index in [1.165, 1.54) is 32.1 Å². The van der Waals surface area contributed by atoms with Crippen LogP contribution in [-0.4, -0.2) is 8.42 Å². The van der Waals surface area contributed by atoms with Gasteiger partial charge in [0.05, 0.1) is 4.90 Å². The number of primary sulfonamides is 1. The van der Waals surface area contributed by atoms with E-state index in [9.17, 15) is 8.42 Å². The highest BCUT2D eigenvalue weighted by Gasteiger charge is 2.14. The first kappa shape index (κ1) is 16.9. The van der Waals surface area contributed by atoms with Crippen LogP contribution in [0.25, 0.3) is 17.2 Å². The van der Waals surface area contributed by atoms with Gasteiger partial charge in [0, 0.05) is 5.56 Å². The zero-order chi connectivity index (χ0) is 17.0. The lowest BCUT2D eigenvalue weighted by atomic mass is 9.89. The molecule has 1 aliphatic rings. The fourth-order valence-corrected chi connectivity index (χ4v) is 4.06. The molecule has 4 heteroatoms. The molecular formula is C20H23NO2S. The maximum atomic E-state index is 11.7. The molecule has 1 fully saturated rings. The van der Waals surface area contributed by atoms with Crippen molar-refractivity contribution in [2.75, 3.05) is 0 Å². The summed E-state index contributed by atoms with van der Waals surface area (Å²) in [5.74, 6) is 0.696. The van der Waals surface area contributed by atoms with Crippen molar-refractivity contribution in [1.29, 1.82) is 0 Å². The van der Waals surface area contributed by atoms with Crippen LogP contribution in [0.4, 0.5) is 0 Å². The minimum absolute atomic E-state index is 0.162. The van der Waals surface area contributed by atoms with Gasteiger partial charge in [0.1, 0.15) is 0 Å². The van der Waals surface area contributed by atoms with Crippen LogP contribution in [0.2, 0.25) is 0 Å². The quantitative estimate of drug-likeness (QED) is 0.884. The molecule has 0 heterocycles. The summed E-state index contributed by atoms with van der Waals surface area (Å²) in [6.07, 6.45) is 11.1. The molecule has 0 unspecified atom stereocenters. The van der Waals surface area contributed by atoms with Crippen molar-refractivity contribution in [2.24, 2.45) is 11.1 Å². The summed E-state index contributed by atoms with van der Waals surface area (Å²) >= 11 is 0. The van der Waals surface area contributed by atoms with Crippen molar-refractivity contribution in [2.45, 2.75) is 37.0 Å². The summed E-state index contributed by atoms with van der Waals surface area (Å²) in [4.78, 5) is 0.162. The van der Waals surface area contributed by atoms with E-state index in [0.29, 0.717) is 11.5 Å². The number of hydrogen-bond acceptors (Lipinski definition) is 2. The van der Waals surface area contributed by atoms with Crippen LogP contribution in [0.3, 0.4) is 0 Å². The smallest absolute Gasteiger partial charge is 0.225 e. The first-order valence-electron chi connectivity index (χ1n) is 8.44. The first-order chi connectivity index (χ1) is 11.5. The summed E-state index contributed by atoms with van der Waals surface area (Å²) < 4.78 is 23.5. The van der Waals surface area contributed by atoms with Crippen LogP contribution in [0, 0.1) is 5.92 Å². The summed E-state index contributed by atoms with van der Waals surface area (Å²) in [6.45, 7) is 0. The molecule has 2 N–H and O–H groups in total. The van der Waals surface area contributed by atoms with Crippen molar-refractivity contribution in [3.63, 3.8) is 0 Å². The Kier molecular flexibility index (Phi) is 5.17. The molecule has 0 atom stereocenters. The van der Waals surface area contributed by atoms with Gasteiger partial charge < -0.3 is 0 Å². The van der Waals surface area contributed by atoms with Crippen LogP contribution in [0.15, 0.2) is 59.5 Å². The van der Waals surface area contributed by atoms with E-state index in [-0.39, 0.29) is 4.90 Å². The molecule has 126 valence electrons. The summed E-state index contributed by atoms with van der Waals surface area (Å²) in [6, 6.07) is 14.8. The van der Waals surface area contributed by atoms with Gasteiger partial charge in [0.2, 0.25) is 10.0 Å².